The molecule has 1 aliphatic heterocycles. The van der Waals surface area contributed by atoms with E-state index in [1.165, 1.54) is 25.3 Å². The van der Waals surface area contributed by atoms with Crippen LogP contribution < -0.4 is 55.0 Å². The Morgan fingerprint density at radius 3 is 2.41 bits per heavy atom. The fourth-order valence-electron chi connectivity index (χ4n) is 3.57. The minimum Gasteiger partial charge on any atom is -0.545 e. The van der Waals surface area contributed by atoms with Gasteiger partial charge in [-0.15, -0.1) is 0 Å². The van der Waals surface area contributed by atoms with Gasteiger partial charge in [0.15, 0.2) is 4.84 Å². The number of nitrogens with zero attached hydrogens (tertiary/aromatic N) is 3. The Morgan fingerprint density at radius 2 is 1.78 bits per heavy atom. The summed E-state index contributed by atoms with van der Waals surface area (Å²) < 4.78 is 31.6. The van der Waals surface area contributed by atoms with Crippen LogP contribution in [-0.2, 0) is 4.79 Å². The first-order chi connectivity index (χ1) is 19.0. The first-order valence-electron chi connectivity index (χ1n) is 11.5. The van der Waals surface area contributed by atoms with Gasteiger partial charge in [-0.25, -0.2) is 19.0 Å². The molecule has 0 bridgehead atoms. The van der Waals surface area contributed by atoms with Crippen molar-refractivity contribution in [2.24, 2.45) is 5.10 Å². The molecule has 1 aromatic heterocycles. The topological polar surface area (TPSA) is 136 Å². The standard InChI is InChI=1S/C15H12F2N4O3.C11H11Cl2NO2.Na/c1-8(13-12(14(22)23)3-2-4-18-13)20-21-15(24)19-11-6-9(16)5-10(17)7-11;1-7-6-16-9-5-3-2-4-8(9)14(7)11(15)10(12)13;/h2-7H,1H3,(H,22,23)(H2,19,21,24);2-5,7,10H,6H2,1H3;/q;;+1/p-1/b20-8+;;. The van der Waals surface area contributed by atoms with Crippen molar-refractivity contribution in [2.75, 3.05) is 16.8 Å². The summed E-state index contributed by atoms with van der Waals surface area (Å²) in [7, 11) is 0. The predicted octanol–water partition coefficient (Wildman–Crippen LogP) is 0.877. The van der Waals surface area contributed by atoms with Crippen molar-refractivity contribution in [3.63, 3.8) is 0 Å². The largest absolute Gasteiger partial charge is 1.00 e. The van der Waals surface area contributed by atoms with Crippen molar-refractivity contribution in [3.05, 3.63) is 83.7 Å². The van der Waals surface area contributed by atoms with E-state index in [2.05, 4.69) is 20.8 Å². The maximum atomic E-state index is 13.0. The summed E-state index contributed by atoms with van der Waals surface area (Å²) in [5.74, 6) is -2.77. The number of rotatable bonds is 5. The number of carboxylic acid groups (broad SMARTS) is 1. The minimum atomic E-state index is -1.44. The quantitative estimate of drug-likeness (QED) is 0.189. The summed E-state index contributed by atoms with van der Waals surface area (Å²) in [6.07, 6.45) is 1.36. The summed E-state index contributed by atoms with van der Waals surface area (Å²) in [5, 5.41) is 16.9. The molecule has 3 aromatic rings. The van der Waals surface area contributed by atoms with Gasteiger partial charge in [-0.1, -0.05) is 35.3 Å². The molecule has 2 aromatic carbocycles. The van der Waals surface area contributed by atoms with Gasteiger partial charge in [0.2, 0.25) is 0 Å². The number of hydrogen-bond donors (Lipinski definition) is 2. The molecule has 0 fully saturated rings. The molecule has 1 unspecified atom stereocenters. The number of carbonyl (C=O) groups is 3. The van der Waals surface area contributed by atoms with Crippen LogP contribution in [-0.4, -0.2) is 46.1 Å². The number of nitrogens with one attached hydrogen (secondary N) is 2. The number of aromatic nitrogens is 1. The number of benzene rings is 2. The zero-order chi connectivity index (χ0) is 29.4. The van der Waals surface area contributed by atoms with E-state index < -0.39 is 28.5 Å². The van der Waals surface area contributed by atoms with Crippen molar-refractivity contribution >= 4 is 58.2 Å². The molecule has 0 saturated heterocycles. The second-order valence-corrected chi connectivity index (χ2v) is 9.34. The number of carbonyl (C=O) groups excluding carboxylic acids is 3. The van der Waals surface area contributed by atoms with E-state index in [-0.39, 0.29) is 64.2 Å². The molecule has 41 heavy (non-hydrogen) atoms. The molecule has 2 N–H and O–H groups in total. The molecule has 0 saturated carbocycles. The molecule has 1 aliphatic rings. The number of pyridine rings is 1. The van der Waals surface area contributed by atoms with Crippen LogP contribution in [0.25, 0.3) is 0 Å². The molecule has 3 amide bonds. The molecule has 0 radical (unpaired) electrons. The summed E-state index contributed by atoms with van der Waals surface area (Å²) in [5.41, 5.74) is 2.63. The third kappa shape index (κ3) is 9.37. The van der Waals surface area contributed by atoms with Crippen LogP contribution in [0.3, 0.4) is 0 Å². The molecule has 1 atom stereocenters. The number of alkyl halides is 2. The van der Waals surface area contributed by atoms with Gasteiger partial charge in [-0.3, -0.25) is 9.78 Å². The fraction of sp³-hybridized carbons (Fsp3) is 0.192. The molecular weight excluding hydrogens is 594 g/mol. The Morgan fingerprint density at radius 1 is 1.12 bits per heavy atom. The molecular formula is C26H22Cl2F2N5NaO5. The minimum absolute atomic E-state index is 0. The molecule has 2 heterocycles. The zero-order valence-electron chi connectivity index (χ0n) is 22.0. The SMILES string of the molecule is C/C(=N\NC(=O)Nc1cc(F)cc(F)c1)c1ncccc1C(=O)[O-].CC1COc2ccccc2N1C(=O)C(Cl)Cl.[Na+]. The van der Waals surface area contributed by atoms with E-state index in [1.807, 2.05) is 31.2 Å². The van der Waals surface area contributed by atoms with Gasteiger partial charge in [0.25, 0.3) is 5.91 Å². The van der Waals surface area contributed by atoms with Crippen molar-refractivity contribution in [3.8, 4) is 5.75 Å². The number of halogens is 4. The number of para-hydroxylation sites is 2. The van der Waals surface area contributed by atoms with Crippen molar-refractivity contribution in [1.29, 1.82) is 0 Å². The Kier molecular flexibility index (Phi) is 12.9. The number of fused-ring (bicyclic) bond motifs is 1. The number of hydrogen-bond acceptors (Lipinski definition) is 7. The van der Waals surface area contributed by atoms with Crippen molar-refractivity contribution in [1.82, 2.24) is 10.4 Å². The average Bonchev–Trinajstić information content (AvgIpc) is 2.91. The van der Waals surface area contributed by atoms with Crippen LogP contribution >= 0.6 is 23.2 Å². The first kappa shape index (κ1) is 33.9. The number of carboxylic acids is 1. The Hall–Kier alpha value is -3.29. The second-order valence-electron chi connectivity index (χ2n) is 8.24. The fourth-order valence-corrected chi connectivity index (χ4v) is 3.78. The monoisotopic (exact) mass is 615 g/mol. The molecule has 0 aliphatic carbocycles. The maximum Gasteiger partial charge on any atom is 1.00 e. The number of urea groups is 1. The van der Waals surface area contributed by atoms with Gasteiger partial charge in [-0.05, 0) is 50.2 Å². The van der Waals surface area contributed by atoms with Crippen LogP contribution in [0.15, 0.2) is 65.9 Å². The van der Waals surface area contributed by atoms with Crippen LogP contribution in [0.4, 0.5) is 25.0 Å². The van der Waals surface area contributed by atoms with Gasteiger partial charge in [0, 0.05) is 23.5 Å². The molecule has 0 spiro atoms. The van der Waals surface area contributed by atoms with Crippen molar-refractivity contribution in [2.45, 2.75) is 24.7 Å². The van der Waals surface area contributed by atoms with Crippen molar-refractivity contribution < 1.29 is 62.6 Å². The number of aromatic carboxylic acids is 1. The summed E-state index contributed by atoms with van der Waals surface area (Å²) in [4.78, 5) is 38.9. The summed E-state index contributed by atoms with van der Waals surface area (Å²) in [6, 6.07) is 11.6. The number of amides is 3. The molecule has 15 heteroatoms. The maximum absolute atomic E-state index is 13.0. The van der Waals surface area contributed by atoms with Gasteiger partial charge < -0.3 is 24.9 Å². The van der Waals surface area contributed by atoms with E-state index in [1.54, 1.807) is 4.90 Å². The van der Waals surface area contributed by atoms with Crippen LogP contribution in [0.2, 0.25) is 0 Å². The van der Waals surface area contributed by atoms with Gasteiger partial charge in [0.1, 0.15) is 24.0 Å². The zero-order valence-corrected chi connectivity index (χ0v) is 25.5. The summed E-state index contributed by atoms with van der Waals surface area (Å²) >= 11 is 11.3. The number of hydrazone groups is 1. The smallest absolute Gasteiger partial charge is 0.545 e. The summed E-state index contributed by atoms with van der Waals surface area (Å²) in [6.45, 7) is 3.77. The van der Waals surface area contributed by atoms with Crippen LogP contribution in [0.5, 0.6) is 5.75 Å². The third-order valence-electron chi connectivity index (χ3n) is 5.29. The van der Waals surface area contributed by atoms with Gasteiger partial charge >= 0.3 is 35.6 Å². The van der Waals surface area contributed by atoms with Gasteiger partial charge in [0.05, 0.1) is 29.1 Å². The Balaban J connectivity index is 0.000000301. The van der Waals surface area contributed by atoms with E-state index in [0.717, 1.165) is 17.8 Å². The van der Waals surface area contributed by atoms with Crippen LogP contribution in [0, 0.1) is 11.6 Å². The average molecular weight is 616 g/mol. The molecule has 4 rings (SSSR count). The van der Waals surface area contributed by atoms with E-state index in [4.69, 9.17) is 27.9 Å². The van der Waals surface area contributed by atoms with E-state index >= 15 is 0 Å². The van der Waals surface area contributed by atoms with Crippen LogP contribution in [0.1, 0.15) is 29.9 Å². The molecule has 210 valence electrons. The van der Waals surface area contributed by atoms with E-state index in [9.17, 15) is 28.3 Å². The number of anilines is 2. The van der Waals surface area contributed by atoms with E-state index in [0.29, 0.717) is 18.4 Å². The predicted molar refractivity (Wildman–Crippen MR) is 144 cm³/mol. The first-order valence-corrected chi connectivity index (χ1v) is 12.4. The normalized spacial score (nSPS) is 14.0. The molecule has 10 nitrogen and oxygen atoms in total. The second kappa shape index (κ2) is 15.6. The van der Waals surface area contributed by atoms with Gasteiger partial charge in [-0.2, -0.15) is 5.10 Å². The number of ether oxygens (including phenoxy) is 1. The third-order valence-corrected chi connectivity index (χ3v) is 5.66. The Labute approximate surface area is 266 Å². The Bertz CT molecular complexity index is 1430.